The molecule has 2 rings (SSSR count). The fourth-order valence-electron chi connectivity index (χ4n) is 1.92. The van der Waals surface area contributed by atoms with Gasteiger partial charge in [0.25, 0.3) is 0 Å². The number of nitrogens with zero attached hydrogens (tertiary/aromatic N) is 1. The monoisotopic (exact) mass is 361 g/mol. The van der Waals surface area contributed by atoms with Crippen molar-refractivity contribution in [3.8, 4) is 17.4 Å². The Morgan fingerprint density at radius 2 is 2.05 bits per heavy atom. The minimum atomic E-state index is -0.762. The molecule has 0 N–H and O–H groups in total. The molecule has 0 saturated heterocycles. The number of benzene rings is 1. The summed E-state index contributed by atoms with van der Waals surface area (Å²) >= 11 is 3.32. The summed E-state index contributed by atoms with van der Waals surface area (Å²) in [6, 6.07) is 10.4. The lowest BCUT2D eigenvalue weighted by atomic mass is 10.0. The number of halogens is 1. The van der Waals surface area contributed by atoms with Crippen LogP contribution in [0.3, 0.4) is 0 Å². The first-order chi connectivity index (χ1) is 10.5. The quantitative estimate of drug-likeness (QED) is 0.781. The van der Waals surface area contributed by atoms with Crippen LogP contribution in [0.25, 0.3) is 11.3 Å². The SMILES string of the molecule is CCOC(=O)Cc1cc(-c2ccc(Br)cc2)oc(=O)c1C#N. The summed E-state index contributed by atoms with van der Waals surface area (Å²) in [4.78, 5) is 23.5. The van der Waals surface area contributed by atoms with E-state index in [-0.39, 0.29) is 18.6 Å². The van der Waals surface area contributed by atoms with Crippen molar-refractivity contribution in [2.45, 2.75) is 13.3 Å². The molecule has 1 aromatic carbocycles. The maximum Gasteiger partial charge on any atom is 0.354 e. The molecule has 6 heteroatoms. The first kappa shape index (κ1) is 16.0. The maximum absolute atomic E-state index is 11.9. The summed E-state index contributed by atoms with van der Waals surface area (Å²) in [5.41, 5.74) is 0.0427. The molecule has 5 nitrogen and oxygen atoms in total. The van der Waals surface area contributed by atoms with Crippen molar-refractivity contribution in [3.05, 3.63) is 56.4 Å². The standard InChI is InChI=1S/C16H12BrNO4/c1-2-21-15(19)8-11-7-14(22-16(20)13(11)9-18)10-3-5-12(17)6-4-10/h3-7H,2,8H2,1H3. The topological polar surface area (TPSA) is 80.3 Å². The van der Waals surface area contributed by atoms with E-state index >= 15 is 0 Å². The Morgan fingerprint density at radius 3 is 2.64 bits per heavy atom. The maximum atomic E-state index is 11.9. The van der Waals surface area contributed by atoms with Gasteiger partial charge in [-0.05, 0) is 30.7 Å². The molecule has 0 unspecified atom stereocenters. The molecule has 0 aliphatic rings. The summed E-state index contributed by atoms with van der Waals surface area (Å²) in [6.45, 7) is 1.93. The van der Waals surface area contributed by atoms with Crippen molar-refractivity contribution < 1.29 is 13.9 Å². The lowest BCUT2D eigenvalue weighted by Gasteiger charge is -2.06. The van der Waals surface area contributed by atoms with Crippen molar-refractivity contribution in [1.82, 2.24) is 0 Å². The van der Waals surface area contributed by atoms with E-state index in [1.807, 2.05) is 0 Å². The third-order valence-electron chi connectivity index (χ3n) is 2.91. The second kappa shape index (κ2) is 7.05. The summed E-state index contributed by atoms with van der Waals surface area (Å²) in [7, 11) is 0. The number of rotatable bonds is 4. The first-order valence-electron chi connectivity index (χ1n) is 6.53. The zero-order valence-corrected chi connectivity index (χ0v) is 13.3. The number of hydrogen-bond acceptors (Lipinski definition) is 5. The van der Waals surface area contributed by atoms with Crippen LogP contribution in [-0.2, 0) is 16.0 Å². The molecular formula is C16H12BrNO4. The Morgan fingerprint density at radius 1 is 1.36 bits per heavy atom. The molecule has 0 aliphatic carbocycles. The molecule has 1 aromatic heterocycles. The molecule has 22 heavy (non-hydrogen) atoms. The van der Waals surface area contributed by atoms with E-state index in [9.17, 15) is 9.59 Å². The average molecular weight is 362 g/mol. The molecule has 2 aromatic rings. The molecule has 0 fully saturated rings. The summed E-state index contributed by atoms with van der Waals surface area (Å²) in [5, 5.41) is 9.07. The predicted octanol–water partition coefficient (Wildman–Crippen LogP) is 3.05. The molecule has 0 atom stereocenters. The summed E-state index contributed by atoms with van der Waals surface area (Å²) in [6.07, 6.45) is -0.147. The van der Waals surface area contributed by atoms with E-state index in [4.69, 9.17) is 14.4 Å². The Labute approximate surface area is 135 Å². The minimum Gasteiger partial charge on any atom is -0.466 e. The van der Waals surface area contributed by atoms with Crippen molar-refractivity contribution in [2.24, 2.45) is 0 Å². The number of esters is 1. The summed E-state index contributed by atoms with van der Waals surface area (Å²) < 4.78 is 10.9. The normalized spacial score (nSPS) is 10.0. The molecule has 0 aliphatic heterocycles. The third-order valence-corrected chi connectivity index (χ3v) is 3.44. The van der Waals surface area contributed by atoms with Gasteiger partial charge in [0.05, 0.1) is 13.0 Å². The van der Waals surface area contributed by atoms with Gasteiger partial charge in [0, 0.05) is 10.0 Å². The fraction of sp³-hybridized carbons (Fsp3) is 0.188. The number of ether oxygens (including phenoxy) is 1. The Hall–Kier alpha value is -2.39. The van der Waals surface area contributed by atoms with Gasteiger partial charge < -0.3 is 9.15 Å². The van der Waals surface area contributed by atoms with Crippen molar-refractivity contribution in [1.29, 1.82) is 5.26 Å². The van der Waals surface area contributed by atoms with E-state index in [1.54, 1.807) is 37.3 Å². The fourth-order valence-corrected chi connectivity index (χ4v) is 2.19. The Bertz CT molecular complexity index is 787. The van der Waals surface area contributed by atoms with Crippen LogP contribution in [0.4, 0.5) is 0 Å². The van der Waals surface area contributed by atoms with Crippen molar-refractivity contribution in [2.75, 3.05) is 6.61 Å². The summed E-state index contributed by atoms with van der Waals surface area (Å²) in [5.74, 6) is -0.192. The van der Waals surface area contributed by atoms with Gasteiger partial charge in [0.2, 0.25) is 0 Å². The zero-order chi connectivity index (χ0) is 16.1. The molecular weight excluding hydrogens is 350 g/mol. The van der Waals surface area contributed by atoms with Crippen LogP contribution >= 0.6 is 15.9 Å². The average Bonchev–Trinajstić information content (AvgIpc) is 2.48. The smallest absolute Gasteiger partial charge is 0.354 e. The van der Waals surface area contributed by atoms with E-state index in [0.29, 0.717) is 16.9 Å². The van der Waals surface area contributed by atoms with Crippen LogP contribution in [0.5, 0.6) is 0 Å². The number of nitriles is 1. The highest BCUT2D eigenvalue weighted by atomic mass is 79.9. The largest absolute Gasteiger partial charge is 0.466 e. The highest BCUT2D eigenvalue weighted by Gasteiger charge is 2.16. The molecule has 0 bridgehead atoms. The molecule has 0 spiro atoms. The minimum absolute atomic E-state index is 0.147. The first-order valence-corrected chi connectivity index (χ1v) is 7.33. The predicted molar refractivity (Wildman–Crippen MR) is 83.2 cm³/mol. The molecule has 0 amide bonds. The van der Waals surface area contributed by atoms with Crippen LogP contribution in [0.2, 0.25) is 0 Å². The van der Waals surface area contributed by atoms with Crippen LogP contribution in [0, 0.1) is 11.3 Å². The van der Waals surface area contributed by atoms with Gasteiger partial charge in [-0.2, -0.15) is 5.26 Å². The van der Waals surface area contributed by atoms with E-state index in [0.717, 1.165) is 4.47 Å². The second-order valence-corrected chi connectivity index (χ2v) is 5.31. The molecule has 0 radical (unpaired) electrons. The molecule has 112 valence electrons. The van der Waals surface area contributed by atoms with E-state index in [1.165, 1.54) is 6.07 Å². The van der Waals surface area contributed by atoms with Crippen LogP contribution < -0.4 is 5.63 Å². The Balaban J connectivity index is 2.48. The van der Waals surface area contributed by atoms with Crippen LogP contribution in [0.15, 0.2) is 44.0 Å². The van der Waals surface area contributed by atoms with Crippen molar-refractivity contribution >= 4 is 21.9 Å². The lowest BCUT2D eigenvalue weighted by molar-refractivity contribution is -0.142. The van der Waals surface area contributed by atoms with Crippen LogP contribution in [-0.4, -0.2) is 12.6 Å². The van der Waals surface area contributed by atoms with E-state index in [2.05, 4.69) is 15.9 Å². The third kappa shape index (κ3) is 3.62. The Kier molecular flexibility index (Phi) is 5.12. The second-order valence-electron chi connectivity index (χ2n) is 4.40. The molecule has 1 heterocycles. The molecule has 0 saturated carbocycles. The van der Waals surface area contributed by atoms with Gasteiger partial charge >= 0.3 is 11.6 Å². The number of carbonyl (C=O) groups is 1. The van der Waals surface area contributed by atoms with Crippen molar-refractivity contribution in [3.63, 3.8) is 0 Å². The lowest BCUT2D eigenvalue weighted by Crippen LogP contribution is -2.14. The van der Waals surface area contributed by atoms with Gasteiger partial charge in [-0.1, -0.05) is 28.1 Å². The van der Waals surface area contributed by atoms with Gasteiger partial charge in [0.15, 0.2) is 0 Å². The van der Waals surface area contributed by atoms with Gasteiger partial charge in [-0.3, -0.25) is 4.79 Å². The highest BCUT2D eigenvalue weighted by Crippen LogP contribution is 2.23. The highest BCUT2D eigenvalue weighted by molar-refractivity contribution is 9.10. The van der Waals surface area contributed by atoms with E-state index < -0.39 is 11.6 Å². The van der Waals surface area contributed by atoms with Gasteiger partial charge in [-0.25, -0.2) is 4.79 Å². The number of carbonyl (C=O) groups excluding carboxylic acids is 1. The van der Waals surface area contributed by atoms with Gasteiger partial charge in [-0.15, -0.1) is 0 Å². The zero-order valence-electron chi connectivity index (χ0n) is 11.8. The van der Waals surface area contributed by atoms with Crippen LogP contribution in [0.1, 0.15) is 18.1 Å². The van der Waals surface area contributed by atoms with Gasteiger partial charge in [0.1, 0.15) is 17.4 Å². The number of hydrogen-bond donors (Lipinski definition) is 0.